The van der Waals surface area contributed by atoms with E-state index >= 15 is 0 Å². The van der Waals surface area contributed by atoms with Crippen molar-refractivity contribution >= 4 is 28.0 Å². The summed E-state index contributed by atoms with van der Waals surface area (Å²) in [6, 6.07) is -1.20. The molecule has 0 aromatic carbocycles. The Morgan fingerprint density at radius 3 is 2.12 bits per heavy atom. The van der Waals surface area contributed by atoms with Crippen molar-refractivity contribution in [2.24, 2.45) is 0 Å². The number of ether oxygens (including phenoxy) is 3. The zero-order valence-electron chi connectivity index (χ0n) is 14.1. The van der Waals surface area contributed by atoms with E-state index < -0.39 is 65.2 Å². The Kier molecular flexibility index (Phi) is 7.29. The van der Waals surface area contributed by atoms with Crippen LogP contribution >= 0.6 is 0 Å². The molecule has 1 aliphatic rings. The topological polar surface area (TPSA) is 155 Å². The predicted octanol–water partition coefficient (Wildman–Crippen LogP) is -1.95. The molecule has 0 spiro atoms. The predicted molar refractivity (Wildman–Crippen MR) is 80.4 cm³/mol. The van der Waals surface area contributed by atoms with Gasteiger partial charge in [0.15, 0.2) is 6.10 Å². The van der Waals surface area contributed by atoms with E-state index in [0.29, 0.717) is 0 Å². The third-order valence-corrected chi connectivity index (χ3v) is 3.64. The second-order valence-electron chi connectivity index (χ2n) is 5.43. The van der Waals surface area contributed by atoms with E-state index in [0.717, 1.165) is 20.1 Å². The number of rotatable bonds is 6. The van der Waals surface area contributed by atoms with Crippen LogP contribution in [0.3, 0.4) is 0 Å². The molecule has 1 rings (SSSR count). The number of hydrogen-bond acceptors (Lipinski definition) is 10. The fraction of sp³-hybridized carbons (Fsp3) is 0.769. The molecule has 0 bridgehead atoms. The van der Waals surface area contributed by atoms with Gasteiger partial charge in [-0.05, 0) is 0 Å². The second-order valence-corrected chi connectivity index (χ2v) is 7.08. The van der Waals surface area contributed by atoms with Crippen molar-refractivity contribution in [3.8, 4) is 0 Å². The Balaban J connectivity index is 3.11. The third-order valence-electron chi connectivity index (χ3n) is 3.07. The van der Waals surface area contributed by atoms with Gasteiger partial charge in [0, 0.05) is 20.8 Å². The summed E-state index contributed by atoms with van der Waals surface area (Å²) < 4.78 is 42.1. The van der Waals surface area contributed by atoms with Gasteiger partial charge in [0.25, 0.3) is 10.1 Å². The van der Waals surface area contributed by atoms with Crippen molar-refractivity contribution in [1.29, 1.82) is 0 Å². The van der Waals surface area contributed by atoms with Crippen molar-refractivity contribution in [1.82, 2.24) is 5.32 Å². The Morgan fingerprint density at radius 2 is 1.68 bits per heavy atom. The van der Waals surface area contributed by atoms with Crippen LogP contribution in [0.25, 0.3) is 0 Å². The van der Waals surface area contributed by atoms with E-state index in [1.54, 1.807) is 0 Å². The molecule has 0 radical (unpaired) electrons. The zero-order chi connectivity index (χ0) is 19.4. The monoisotopic (exact) mass is 383 g/mol. The summed E-state index contributed by atoms with van der Waals surface area (Å²) in [5.41, 5.74) is 0. The highest BCUT2D eigenvalue weighted by molar-refractivity contribution is 7.85. The molecule has 25 heavy (non-hydrogen) atoms. The lowest BCUT2D eigenvalue weighted by Gasteiger charge is -2.43. The van der Waals surface area contributed by atoms with E-state index in [-0.39, 0.29) is 0 Å². The van der Waals surface area contributed by atoms with Gasteiger partial charge < -0.3 is 24.6 Å². The molecule has 1 amide bonds. The number of carbonyl (C=O) groups excluding carboxylic acids is 3. The normalized spacial score (nSPS) is 29.6. The van der Waals surface area contributed by atoms with Gasteiger partial charge in [0.1, 0.15) is 18.2 Å². The van der Waals surface area contributed by atoms with Gasteiger partial charge in [0.2, 0.25) is 12.2 Å². The summed E-state index contributed by atoms with van der Waals surface area (Å²) in [5.74, 6) is -2.09. The van der Waals surface area contributed by atoms with Crippen LogP contribution in [0.5, 0.6) is 0 Å². The largest absolute Gasteiger partial charge is 0.457 e. The first-order valence-corrected chi connectivity index (χ1v) is 9.02. The number of esters is 2. The number of hydrogen-bond donors (Lipinski definition) is 2. The van der Waals surface area contributed by atoms with Crippen molar-refractivity contribution in [2.45, 2.75) is 51.4 Å². The van der Waals surface area contributed by atoms with E-state index in [4.69, 9.17) is 14.2 Å². The lowest BCUT2D eigenvalue weighted by atomic mass is 9.96. The molecular weight excluding hydrogens is 362 g/mol. The smallest absolute Gasteiger partial charge is 0.305 e. The van der Waals surface area contributed by atoms with Gasteiger partial charge in [-0.2, -0.15) is 8.42 Å². The molecule has 0 aromatic heterocycles. The summed E-state index contributed by atoms with van der Waals surface area (Å²) in [6.07, 6.45) is -4.83. The van der Waals surface area contributed by atoms with Crippen LogP contribution < -0.4 is 5.32 Å². The van der Waals surface area contributed by atoms with Gasteiger partial charge in [0.05, 0.1) is 12.9 Å². The minimum Gasteiger partial charge on any atom is -0.457 e. The van der Waals surface area contributed by atoms with Crippen LogP contribution in [0.15, 0.2) is 0 Å². The first kappa shape index (κ1) is 21.3. The zero-order valence-corrected chi connectivity index (χ0v) is 14.9. The lowest BCUT2D eigenvalue weighted by molar-refractivity contribution is -0.264. The molecule has 5 atom stereocenters. The van der Waals surface area contributed by atoms with Crippen LogP contribution in [0.2, 0.25) is 0 Å². The van der Waals surface area contributed by atoms with Crippen LogP contribution in [0.4, 0.5) is 0 Å². The number of aliphatic hydroxyl groups is 1. The average molecular weight is 383 g/mol. The number of aliphatic hydroxyl groups excluding tert-OH is 1. The fourth-order valence-corrected chi connectivity index (χ4v) is 2.61. The van der Waals surface area contributed by atoms with Crippen molar-refractivity contribution in [3.63, 3.8) is 0 Å². The standard InChI is InChI=1S/C13H21NO10S/c1-6(15)14-10-12(22-7(2)16)11(18)9(5-21-25(4,19)20)24-13(10)23-8(3)17/h9-13,18H,5H2,1-4H3,(H,14,15). The molecule has 0 saturated carbocycles. The van der Waals surface area contributed by atoms with Crippen molar-refractivity contribution < 1.29 is 46.3 Å². The van der Waals surface area contributed by atoms with Crippen molar-refractivity contribution in [3.05, 3.63) is 0 Å². The van der Waals surface area contributed by atoms with Crippen LogP contribution in [0, 0.1) is 0 Å². The Hall–Kier alpha value is -1.76. The van der Waals surface area contributed by atoms with Gasteiger partial charge in [-0.3, -0.25) is 18.6 Å². The quantitative estimate of drug-likeness (QED) is 0.390. The van der Waals surface area contributed by atoms with Crippen LogP contribution in [0.1, 0.15) is 20.8 Å². The van der Waals surface area contributed by atoms with Crippen LogP contribution in [-0.4, -0.2) is 74.9 Å². The minimum absolute atomic E-state index is 0.555. The van der Waals surface area contributed by atoms with Crippen LogP contribution in [-0.2, 0) is 42.9 Å². The van der Waals surface area contributed by atoms with Gasteiger partial charge in [-0.25, -0.2) is 0 Å². The molecule has 5 unspecified atom stereocenters. The lowest BCUT2D eigenvalue weighted by Crippen LogP contribution is -2.66. The molecule has 11 nitrogen and oxygen atoms in total. The fourth-order valence-electron chi connectivity index (χ4n) is 2.23. The molecule has 144 valence electrons. The highest BCUT2D eigenvalue weighted by Crippen LogP contribution is 2.25. The first-order chi connectivity index (χ1) is 11.4. The molecule has 1 heterocycles. The summed E-state index contributed by atoms with van der Waals surface area (Å²) >= 11 is 0. The minimum atomic E-state index is -3.84. The highest BCUT2D eigenvalue weighted by Gasteiger charge is 2.49. The maximum absolute atomic E-state index is 11.4. The number of nitrogens with one attached hydrogen (secondary N) is 1. The first-order valence-electron chi connectivity index (χ1n) is 7.20. The van der Waals surface area contributed by atoms with Crippen molar-refractivity contribution in [2.75, 3.05) is 12.9 Å². The highest BCUT2D eigenvalue weighted by atomic mass is 32.2. The molecular formula is C13H21NO10S. The van der Waals surface area contributed by atoms with Gasteiger partial charge in [-0.1, -0.05) is 0 Å². The molecule has 0 aliphatic carbocycles. The Morgan fingerprint density at radius 1 is 1.12 bits per heavy atom. The molecule has 1 fully saturated rings. The van der Waals surface area contributed by atoms with Gasteiger partial charge in [-0.15, -0.1) is 0 Å². The maximum atomic E-state index is 11.4. The van der Waals surface area contributed by atoms with E-state index in [2.05, 4.69) is 9.50 Å². The molecule has 1 aliphatic heterocycles. The van der Waals surface area contributed by atoms with E-state index in [9.17, 15) is 27.9 Å². The Bertz CT molecular complexity index is 618. The Labute approximate surface area is 144 Å². The van der Waals surface area contributed by atoms with E-state index in [1.807, 2.05) is 0 Å². The molecule has 1 saturated heterocycles. The second kappa shape index (κ2) is 8.56. The van der Waals surface area contributed by atoms with E-state index in [1.165, 1.54) is 6.92 Å². The maximum Gasteiger partial charge on any atom is 0.305 e. The van der Waals surface area contributed by atoms with Gasteiger partial charge >= 0.3 is 11.9 Å². The summed E-state index contributed by atoms with van der Waals surface area (Å²) in [6.45, 7) is 2.72. The molecule has 2 N–H and O–H groups in total. The average Bonchev–Trinajstić information content (AvgIpc) is 2.42. The SMILES string of the molecule is CC(=O)NC1C(OC(C)=O)OC(COS(C)(=O)=O)C(O)C1OC(C)=O. The summed E-state index contributed by atoms with van der Waals surface area (Å²) in [7, 11) is -3.84. The molecule has 12 heteroatoms. The summed E-state index contributed by atoms with van der Waals surface area (Å²) in [5, 5.41) is 12.7. The third kappa shape index (κ3) is 6.94. The molecule has 0 aromatic rings. The summed E-state index contributed by atoms with van der Waals surface area (Å²) in [4.78, 5) is 34.0. The number of carbonyl (C=O) groups is 3. The number of amides is 1.